The highest BCUT2D eigenvalue weighted by atomic mass is 35.5. The van der Waals surface area contributed by atoms with Crippen molar-refractivity contribution in [3.05, 3.63) is 83.6 Å². The van der Waals surface area contributed by atoms with E-state index in [0.717, 1.165) is 0 Å². The summed E-state index contributed by atoms with van der Waals surface area (Å²) >= 11 is 6.16. The molecule has 0 aliphatic heterocycles. The summed E-state index contributed by atoms with van der Waals surface area (Å²) in [5.74, 6) is -0.298. The lowest BCUT2D eigenvalue weighted by Crippen LogP contribution is -2.20. The van der Waals surface area contributed by atoms with E-state index in [1.54, 1.807) is 66.1 Å². The van der Waals surface area contributed by atoms with E-state index < -0.39 is 11.0 Å². The molecule has 132 valence electrons. The number of nitrogens with one attached hydrogen (secondary N) is 1. The van der Waals surface area contributed by atoms with E-state index in [9.17, 15) is 9.00 Å². The molecule has 0 aliphatic rings. The number of pyridine rings is 1. The van der Waals surface area contributed by atoms with Gasteiger partial charge in [-0.15, -0.1) is 0 Å². The van der Waals surface area contributed by atoms with Crippen LogP contribution in [0.25, 0.3) is 0 Å². The lowest BCUT2D eigenvalue weighted by Gasteiger charge is -2.19. The predicted octanol–water partition coefficient (Wildman–Crippen LogP) is 4.15. The van der Waals surface area contributed by atoms with Gasteiger partial charge in [0.15, 0.2) is 11.0 Å². The lowest BCUT2D eigenvalue weighted by molar-refractivity contribution is 0.102. The van der Waals surface area contributed by atoms with Crippen LogP contribution in [0.4, 0.5) is 11.4 Å². The van der Waals surface area contributed by atoms with Crippen LogP contribution in [-0.2, 0) is 11.0 Å². The molecular formula is C19H16ClN3O2S. The second-order valence-corrected chi connectivity index (χ2v) is 7.32. The van der Waals surface area contributed by atoms with Crippen LogP contribution >= 0.6 is 11.6 Å². The van der Waals surface area contributed by atoms with E-state index in [2.05, 4.69) is 10.3 Å². The molecule has 0 bridgehead atoms. The van der Waals surface area contributed by atoms with Gasteiger partial charge in [-0.3, -0.25) is 14.1 Å². The molecule has 0 saturated carbocycles. The summed E-state index contributed by atoms with van der Waals surface area (Å²) in [7, 11) is 0.294. The number of amides is 1. The fraction of sp³-hybridized carbons (Fsp3) is 0.0526. The van der Waals surface area contributed by atoms with E-state index in [1.807, 2.05) is 18.2 Å². The van der Waals surface area contributed by atoms with Crippen LogP contribution in [0.1, 0.15) is 10.5 Å². The highest BCUT2D eigenvalue weighted by Crippen LogP contribution is 2.27. The van der Waals surface area contributed by atoms with Crippen molar-refractivity contribution in [1.29, 1.82) is 0 Å². The lowest BCUT2D eigenvalue weighted by atomic mass is 10.3. The van der Waals surface area contributed by atoms with Gasteiger partial charge in [-0.05, 0) is 48.5 Å². The van der Waals surface area contributed by atoms with Crippen molar-refractivity contribution in [3.8, 4) is 0 Å². The Morgan fingerprint density at radius 3 is 2.38 bits per heavy atom. The van der Waals surface area contributed by atoms with Gasteiger partial charge in [0, 0.05) is 18.9 Å². The van der Waals surface area contributed by atoms with Gasteiger partial charge in [-0.1, -0.05) is 29.8 Å². The van der Waals surface area contributed by atoms with Crippen molar-refractivity contribution < 1.29 is 9.00 Å². The molecule has 1 N–H and O–H groups in total. The molecule has 1 unspecified atom stereocenters. The van der Waals surface area contributed by atoms with Gasteiger partial charge >= 0.3 is 0 Å². The number of benzene rings is 2. The fourth-order valence-corrected chi connectivity index (χ4v) is 3.64. The summed E-state index contributed by atoms with van der Waals surface area (Å²) in [6.07, 6.45) is 1.56. The number of anilines is 2. The number of carbonyl (C=O) groups excluding carboxylic acids is 1. The molecule has 1 heterocycles. The Hall–Kier alpha value is -2.70. The third-order valence-electron chi connectivity index (χ3n) is 3.65. The van der Waals surface area contributed by atoms with Crippen molar-refractivity contribution in [1.82, 2.24) is 4.98 Å². The number of hydrogen-bond acceptors (Lipinski definition) is 3. The van der Waals surface area contributed by atoms with Gasteiger partial charge < -0.3 is 5.32 Å². The van der Waals surface area contributed by atoms with Gasteiger partial charge in [-0.2, -0.15) is 0 Å². The van der Waals surface area contributed by atoms with Gasteiger partial charge in [0.2, 0.25) is 0 Å². The van der Waals surface area contributed by atoms with E-state index in [-0.39, 0.29) is 5.91 Å². The first-order chi connectivity index (χ1) is 12.6. The van der Waals surface area contributed by atoms with Crippen molar-refractivity contribution >= 4 is 39.9 Å². The van der Waals surface area contributed by atoms with E-state index >= 15 is 0 Å². The summed E-state index contributed by atoms with van der Waals surface area (Å²) < 4.78 is 14.3. The van der Waals surface area contributed by atoms with Gasteiger partial charge in [0.25, 0.3) is 5.91 Å². The Kier molecular flexibility index (Phi) is 5.65. The summed E-state index contributed by atoms with van der Waals surface area (Å²) in [5, 5.41) is 3.29. The average Bonchev–Trinajstić information content (AvgIpc) is 2.68. The zero-order chi connectivity index (χ0) is 18.5. The number of carbonyl (C=O) groups is 1. The van der Waals surface area contributed by atoms with Gasteiger partial charge in [0.1, 0.15) is 5.69 Å². The average molecular weight is 386 g/mol. The minimum atomic E-state index is -1.42. The molecule has 1 aromatic heterocycles. The number of nitrogens with zero attached hydrogens (tertiary/aromatic N) is 2. The monoisotopic (exact) mass is 385 g/mol. The van der Waals surface area contributed by atoms with E-state index in [0.29, 0.717) is 27.0 Å². The summed E-state index contributed by atoms with van der Waals surface area (Å²) in [4.78, 5) is 16.7. The minimum Gasteiger partial charge on any atom is -0.321 e. The molecule has 0 spiro atoms. The first-order valence-corrected chi connectivity index (χ1v) is 9.27. The second kappa shape index (κ2) is 8.12. The predicted molar refractivity (Wildman–Crippen MR) is 105 cm³/mol. The molecule has 3 aromatic rings. The van der Waals surface area contributed by atoms with Crippen molar-refractivity contribution in [2.24, 2.45) is 0 Å². The van der Waals surface area contributed by atoms with Crippen LogP contribution in [0.3, 0.4) is 0 Å². The van der Waals surface area contributed by atoms with Crippen LogP contribution < -0.4 is 9.62 Å². The molecule has 26 heavy (non-hydrogen) atoms. The van der Waals surface area contributed by atoms with Crippen molar-refractivity contribution in [2.45, 2.75) is 4.90 Å². The highest BCUT2D eigenvalue weighted by Gasteiger charge is 2.14. The molecule has 0 fully saturated rings. The molecule has 2 aromatic carbocycles. The van der Waals surface area contributed by atoms with Crippen molar-refractivity contribution in [3.63, 3.8) is 0 Å². The first kappa shape index (κ1) is 18.1. The SMILES string of the molecule is CN(c1ccccc1Cl)S(=O)c1ccc(NC(=O)c2ccccn2)cc1. The Bertz CT molecular complexity index is 933. The largest absolute Gasteiger partial charge is 0.321 e. The topological polar surface area (TPSA) is 62.3 Å². The summed E-state index contributed by atoms with van der Waals surface area (Å²) in [6, 6.07) is 19.2. The number of halogens is 1. The number of hydrogen-bond donors (Lipinski definition) is 1. The quantitative estimate of drug-likeness (QED) is 0.717. The Balaban J connectivity index is 1.72. The molecule has 3 rings (SSSR count). The van der Waals surface area contributed by atoms with Gasteiger partial charge in [0.05, 0.1) is 15.6 Å². The van der Waals surface area contributed by atoms with Crippen LogP contribution in [0.5, 0.6) is 0 Å². The molecule has 0 aliphatic carbocycles. The normalized spacial score (nSPS) is 11.6. The van der Waals surface area contributed by atoms with Crippen LogP contribution in [0, 0.1) is 0 Å². The second-order valence-electron chi connectivity index (χ2n) is 5.39. The maximum absolute atomic E-state index is 12.7. The van der Waals surface area contributed by atoms with Crippen LogP contribution in [0.15, 0.2) is 77.8 Å². The smallest absolute Gasteiger partial charge is 0.274 e. The van der Waals surface area contributed by atoms with Crippen molar-refractivity contribution in [2.75, 3.05) is 16.7 Å². The maximum atomic E-state index is 12.7. The number of para-hydroxylation sites is 1. The van der Waals surface area contributed by atoms with Gasteiger partial charge in [-0.25, -0.2) is 4.21 Å². The molecule has 1 atom stereocenters. The standard InChI is InChI=1S/C19H16ClN3O2S/c1-23(18-8-3-2-6-16(18)20)26(25)15-11-9-14(10-12-15)22-19(24)17-7-4-5-13-21-17/h2-13H,1H3,(H,22,24). The Morgan fingerprint density at radius 2 is 1.73 bits per heavy atom. The zero-order valence-electron chi connectivity index (χ0n) is 13.9. The Labute approximate surface area is 159 Å². The first-order valence-electron chi connectivity index (χ1n) is 7.79. The summed E-state index contributed by atoms with van der Waals surface area (Å²) in [6.45, 7) is 0. The molecule has 7 heteroatoms. The molecular weight excluding hydrogens is 370 g/mol. The number of aromatic nitrogens is 1. The Morgan fingerprint density at radius 1 is 1.04 bits per heavy atom. The molecule has 1 amide bonds. The van der Waals surface area contributed by atoms with E-state index in [4.69, 9.17) is 11.6 Å². The maximum Gasteiger partial charge on any atom is 0.274 e. The molecule has 0 saturated heterocycles. The fourth-order valence-electron chi connectivity index (χ4n) is 2.30. The van der Waals surface area contributed by atoms with E-state index in [1.165, 1.54) is 0 Å². The third kappa shape index (κ3) is 4.09. The summed E-state index contributed by atoms with van der Waals surface area (Å²) in [5.41, 5.74) is 1.61. The molecule has 5 nitrogen and oxygen atoms in total. The van der Waals surface area contributed by atoms with Crippen LogP contribution in [-0.4, -0.2) is 22.1 Å². The zero-order valence-corrected chi connectivity index (χ0v) is 15.5. The molecule has 0 radical (unpaired) electrons. The number of rotatable bonds is 5. The third-order valence-corrected chi connectivity index (χ3v) is 5.34. The van der Waals surface area contributed by atoms with Crippen LogP contribution in [0.2, 0.25) is 5.02 Å². The minimum absolute atomic E-state index is 0.298. The highest BCUT2D eigenvalue weighted by molar-refractivity contribution is 7.86.